The monoisotopic (exact) mass is 424 g/mol. The van der Waals surface area contributed by atoms with Crippen molar-refractivity contribution in [1.29, 1.82) is 0 Å². The van der Waals surface area contributed by atoms with Crippen molar-refractivity contribution in [3.63, 3.8) is 0 Å². The second kappa shape index (κ2) is 11.4. The van der Waals surface area contributed by atoms with Crippen molar-refractivity contribution < 1.29 is 19.1 Å². The average Bonchev–Trinajstić information content (AvgIpc) is 2.78. The van der Waals surface area contributed by atoms with Crippen LogP contribution >= 0.6 is 0 Å². The van der Waals surface area contributed by atoms with E-state index >= 15 is 0 Å². The van der Waals surface area contributed by atoms with E-state index in [1.54, 1.807) is 0 Å². The van der Waals surface area contributed by atoms with E-state index in [2.05, 4.69) is 5.32 Å². The predicted molar refractivity (Wildman–Crippen MR) is 120 cm³/mol. The van der Waals surface area contributed by atoms with Gasteiger partial charge in [-0.3, -0.25) is 9.59 Å². The number of nitrogens with zero attached hydrogens (tertiary/aromatic N) is 1. The Kier molecular flexibility index (Phi) is 8.33. The lowest BCUT2D eigenvalue weighted by Crippen LogP contribution is -2.47. The van der Waals surface area contributed by atoms with Crippen LogP contribution in [0.15, 0.2) is 48.5 Å². The largest absolute Gasteiger partial charge is 0.494 e. The van der Waals surface area contributed by atoms with E-state index in [0.29, 0.717) is 38.3 Å². The molecule has 1 heterocycles. The lowest BCUT2D eigenvalue weighted by Gasteiger charge is -2.32. The zero-order valence-corrected chi connectivity index (χ0v) is 18.4. The molecule has 1 aliphatic heterocycles. The molecule has 0 bridgehead atoms. The highest BCUT2D eigenvalue weighted by Gasteiger charge is 2.23. The van der Waals surface area contributed by atoms with Crippen LogP contribution in [0.3, 0.4) is 0 Å². The Hall–Kier alpha value is -3.02. The van der Waals surface area contributed by atoms with Gasteiger partial charge in [0.1, 0.15) is 11.5 Å². The molecule has 0 aliphatic carbocycles. The van der Waals surface area contributed by atoms with E-state index < -0.39 is 0 Å². The summed E-state index contributed by atoms with van der Waals surface area (Å²) in [6.07, 6.45) is 2.71. The number of ether oxygens (including phenoxy) is 2. The van der Waals surface area contributed by atoms with Gasteiger partial charge in [0, 0.05) is 25.6 Å². The molecule has 2 aromatic rings. The molecular weight excluding hydrogens is 392 g/mol. The number of benzene rings is 2. The molecule has 6 heteroatoms. The molecular formula is C25H32N2O4. The molecule has 0 spiro atoms. The molecule has 1 saturated heterocycles. The van der Waals surface area contributed by atoms with E-state index in [1.165, 1.54) is 5.56 Å². The van der Waals surface area contributed by atoms with Crippen molar-refractivity contribution in [1.82, 2.24) is 10.2 Å². The van der Waals surface area contributed by atoms with Gasteiger partial charge in [-0.2, -0.15) is 0 Å². The summed E-state index contributed by atoms with van der Waals surface area (Å²) in [6, 6.07) is 15.6. The van der Waals surface area contributed by atoms with E-state index in [0.717, 1.165) is 24.2 Å². The van der Waals surface area contributed by atoms with Gasteiger partial charge in [0.25, 0.3) is 5.91 Å². The first kappa shape index (κ1) is 22.7. The highest BCUT2D eigenvalue weighted by molar-refractivity contribution is 5.78. The highest BCUT2D eigenvalue weighted by atomic mass is 16.5. The van der Waals surface area contributed by atoms with Crippen LogP contribution in [-0.2, 0) is 9.59 Å². The van der Waals surface area contributed by atoms with E-state index in [-0.39, 0.29) is 24.5 Å². The molecule has 0 atom stereocenters. The predicted octanol–water partition coefficient (Wildman–Crippen LogP) is 3.65. The number of piperidine rings is 1. The Balaban J connectivity index is 1.28. The summed E-state index contributed by atoms with van der Waals surface area (Å²) in [5.74, 6) is 1.55. The van der Waals surface area contributed by atoms with Crippen LogP contribution in [0.4, 0.5) is 0 Å². The minimum atomic E-state index is -0.126. The van der Waals surface area contributed by atoms with Gasteiger partial charge >= 0.3 is 0 Å². The molecule has 1 aliphatic rings. The summed E-state index contributed by atoms with van der Waals surface area (Å²) >= 11 is 0. The Morgan fingerprint density at radius 1 is 0.903 bits per heavy atom. The van der Waals surface area contributed by atoms with Gasteiger partial charge in [-0.1, -0.05) is 35.4 Å². The van der Waals surface area contributed by atoms with Crippen molar-refractivity contribution in [2.75, 3.05) is 26.3 Å². The molecule has 2 aromatic carbocycles. The van der Waals surface area contributed by atoms with E-state index in [4.69, 9.17) is 9.47 Å². The van der Waals surface area contributed by atoms with Gasteiger partial charge in [-0.15, -0.1) is 0 Å². The molecule has 2 amide bonds. The average molecular weight is 425 g/mol. The van der Waals surface area contributed by atoms with Gasteiger partial charge in [0.05, 0.1) is 6.61 Å². The summed E-state index contributed by atoms with van der Waals surface area (Å²) in [7, 11) is 0. The van der Waals surface area contributed by atoms with Gasteiger partial charge in [0.15, 0.2) is 6.61 Å². The van der Waals surface area contributed by atoms with E-state index in [9.17, 15) is 9.59 Å². The number of hydrogen-bond donors (Lipinski definition) is 1. The van der Waals surface area contributed by atoms with Crippen LogP contribution in [0.25, 0.3) is 0 Å². The van der Waals surface area contributed by atoms with Crippen molar-refractivity contribution in [2.45, 2.75) is 45.6 Å². The normalized spacial score (nSPS) is 14.2. The lowest BCUT2D eigenvalue weighted by atomic mass is 10.0. The molecule has 0 saturated carbocycles. The topological polar surface area (TPSA) is 67.9 Å². The second-order valence-corrected chi connectivity index (χ2v) is 8.09. The maximum atomic E-state index is 12.4. The van der Waals surface area contributed by atoms with Crippen molar-refractivity contribution in [2.24, 2.45) is 0 Å². The molecule has 3 rings (SSSR count). The number of likely N-dealkylation sites (tertiary alicyclic amines) is 1. The van der Waals surface area contributed by atoms with Crippen LogP contribution in [0, 0.1) is 13.8 Å². The molecule has 0 radical (unpaired) electrons. The number of carbonyl (C=O) groups excluding carboxylic acids is 2. The molecule has 0 unspecified atom stereocenters. The smallest absolute Gasteiger partial charge is 0.258 e. The zero-order chi connectivity index (χ0) is 22.1. The molecule has 1 N–H and O–H groups in total. The molecule has 1 fully saturated rings. The quantitative estimate of drug-likeness (QED) is 0.624. The number of rotatable bonds is 9. The Morgan fingerprint density at radius 2 is 1.45 bits per heavy atom. The van der Waals surface area contributed by atoms with Crippen LogP contribution in [0.5, 0.6) is 11.5 Å². The van der Waals surface area contributed by atoms with Crippen molar-refractivity contribution in [3.05, 3.63) is 59.7 Å². The maximum absolute atomic E-state index is 12.4. The fourth-order valence-corrected chi connectivity index (χ4v) is 3.53. The summed E-state index contributed by atoms with van der Waals surface area (Å²) < 4.78 is 11.2. The van der Waals surface area contributed by atoms with E-state index in [1.807, 2.05) is 67.3 Å². The Bertz CT molecular complexity index is 841. The standard InChI is InChI=1S/C25H32N2O4/c1-19-5-9-22(10-6-19)30-17-3-4-25(29)27-15-13-21(14-16-27)26-24(28)18-31-23-11-7-20(2)8-12-23/h5-12,21H,3-4,13-18H2,1-2H3,(H,26,28). The van der Waals surface area contributed by atoms with Gasteiger partial charge in [-0.25, -0.2) is 0 Å². The fraction of sp³-hybridized carbons (Fsp3) is 0.440. The number of aryl methyl sites for hydroxylation is 2. The molecule has 0 aromatic heterocycles. The van der Waals surface area contributed by atoms with Gasteiger partial charge in [0.2, 0.25) is 5.91 Å². The zero-order valence-electron chi connectivity index (χ0n) is 18.4. The number of carbonyl (C=O) groups is 2. The van der Waals surface area contributed by atoms with Crippen molar-refractivity contribution in [3.8, 4) is 11.5 Å². The van der Waals surface area contributed by atoms with Crippen LogP contribution < -0.4 is 14.8 Å². The van der Waals surface area contributed by atoms with Crippen LogP contribution in [-0.4, -0.2) is 49.1 Å². The first-order valence-corrected chi connectivity index (χ1v) is 11.0. The minimum absolute atomic E-state index is 0.00316. The molecule has 6 nitrogen and oxygen atoms in total. The van der Waals surface area contributed by atoms with Crippen molar-refractivity contribution >= 4 is 11.8 Å². The first-order valence-electron chi connectivity index (χ1n) is 11.0. The lowest BCUT2D eigenvalue weighted by molar-refractivity contribution is -0.132. The summed E-state index contributed by atoms with van der Waals surface area (Å²) in [4.78, 5) is 26.5. The fourth-order valence-electron chi connectivity index (χ4n) is 3.53. The second-order valence-electron chi connectivity index (χ2n) is 8.09. The summed E-state index contributed by atoms with van der Waals surface area (Å²) in [6.45, 7) is 5.91. The third-order valence-electron chi connectivity index (χ3n) is 5.43. The molecule has 166 valence electrons. The van der Waals surface area contributed by atoms with Crippen LogP contribution in [0.1, 0.15) is 36.8 Å². The first-order chi connectivity index (χ1) is 15.0. The highest BCUT2D eigenvalue weighted by Crippen LogP contribution is 2.15. The summed E-state index contributed by atoms with van der Waals surface area (Å²) in [5, 5.41) is 3.01. The van der Waals surface area contributed by atoms with Gasteiger partial charge < -0.3 is 19.7 Å². The maximum Gasteiger partial charge on any atom is 0.258 e. The SMILES string of the molecule is Cc1ccc(OCCCC(=O)N2CCC(NC(=O)COc3ccc(C)cc3)CC2)cc1. The number of amides is 2. The third kappa shape index (κ3) is 7.63. The van der Waals surface area contributed by atoms with Crippen LogP contribution in [0.2, 0.25) is 0 Å². The molecule has 31 heavy (non-hydrogen) atoms. The summed E-state index contributed by atoms with van der Waals surface area (Å²) in [5.41, 5.74) is 2.35. The minimum Gasteiger partial charge on any atom is -0.494 e. The number of hydrogen-bond acceptors (Lipinski definition) is 4. The number of nitrogens with one attached hydrogen (secondary N) is 1. The van der Waals surface area contributed by atoms with Gasteiger partial charge in [-0.05, 0) is 57.4 Å². The third-order valence-corrected chi connectivity index (χ3v) is 5.43. The Labute approximate surface area is 184 Å². The Morgan fingerprint density at radius 3 is 2.03 bits per heavy atom.